The van der Waals surface area contributed by atoms with Crippen molar-refractivity contribution in [3.05, 3.63) is 53.1 Å². The molecule has 0 unspecified atom stereocenters. The lowest BCUT2D eigenvalue weighted by Gasteiger charge is -2.09. The number of rotatable bonds is 5. The first kappa shape index (κ1) is 15.6. The van der Waals surface area contributed by atoms with Crippen LogP contribution in [0.1, 0.15) is 30.5 Å². The predicted molar refractivity (Wildman–Crippen MR) is 96.9 cm³/mol. The molecule has 0 fully saturated rings. The van der Waals surface area contributed by atoms with Gasteiger partial charge in [0.05, 0.1) is 0 Å². The van der Waals surface area contributed by atoms with Crippen LogP contribution in [0.5, 0.6) is 5.75 Å². The summed E-state index contributed by atoms with van der Waals surface area (Å²) in [5.74, 6) is 0.290. The first-order valence-corrected chi connectivity index (χ1v) is 8.33. The first-order chi connectivity index (χ1) is 11.2. The van der Waals surface area contributed by atoms with Gasteiger partial charge in [0.2, 0.25) is 0 Å². The van der Waals surface area contributed by atoms with E-state index in [1.807, 2.05) is 12.1 Å². The number of hydrogen-bond donors (Lipinski definition) is 3. The Kier molecular flexibility index (Phi) is 4.39. The summed E-state index contributed by atoms with van der Waals surface area (Å²) in [6.45, 7) is 4.95. The molecule has 0 aliphatic rings. The van der Waals surface area contributed by atoms with Crippen LogP contribution in [-0.2, 0) is 19.3 Å². The Balaban J connectivity index is 2.24. The van der Waals surface area contributed by atoms with E-state index in [0.717, 1.165) is 35.9 Å². The van der Waals surface area contributed by atoms with Crippen LogP contribution in [0, 0.1) is 0 Å². The molecule has 120 valence electrons. The highest BCUT2D eigenvalue weighted by Crippen LogP contribution is 2.33. The molecule has 3 rings (SSSR count). The molecule has 0 aliphatic heterocycles. The van der Waals surface area contributed by atoms with Crippen molar-refractivity contribution in [3.63, 3.8) is 0 Å². The summed E-state index contributed by atoms with van der Waals surface area (Å²) in [4.78, 5) is 3.53. The Bertz CT molecular complexity index is 811. The minimum Gasteiger partial charge on any atom is -0.508 e. The number of phenols is 1. The Morgan fingerprint density at radius 3 is 2.30 bits per heavy atom. The number of fused-ring (bicyclic) bond motifs is 1. The fourth-order valence-corrected chi connectivity index (χ4v) is 3.20. The second-order valence-electron chi connectivity index (χ2n) is 5.99. The largest absolute Gasteiger partial charge is 0.508 e. The van der Waals surface area contributed by atoms with Crippen molar-refractivity contribution >= 4 is 10.9 Å². The van der Waals surface area contributed by atoms with Gasteiger partial charge in [-0.05, 0) is 78.4 Å². The fourth-order valence-electron chi connectivity index (χ4n) is 3.20. The van der Waals surface area contributed by atoms with Gasteiger partial charge in [0.15, 0.2) is 0 Å². The molecule has 3 nitrogen and oxygen atoms in total. The lowest BCUT2D eigenvalue weighted by molar-refractivity contribution is 0.476. The van der Waals surface area contributed by atoms with Crippen molar-refractivity contribution in [2.24, 2.45) is 5.73 Å². The van der Waals surface area contributed by atoms with Crippen molar-refractivity contribution in [3.8, 4) is 17.0 Å². The molecule has 0 aliphatic carbocycles. The van der Waals surface area contributed by atoms with Gasteiger partial charge in [-0.25, -0.2) is 0 Å². The van der Waals surface area contributed by atoms with E-state index in [0.29, 0.717) is 6.54 Å². The fraction of sp³-hybridized carbons (Fsp3) is 0.300. The third-order valence-corrected chi connectivity index (χ3v) is 4.44. The van der Waals surface area contributed by atoms with Crippen LogP contribution in [-0.4, -0.2) is 16.6 Å². The summed E-state index contributed by atoms with van der Waals surface area (Å²) < 4.78 is 0. The predicted octanol–water partition coefficient (Wildman–Crippen LogP) is 4.17. The normalized spacial score (nSPS) is 11.3. The molecule has 0 saturated heterocycles. The van der Waals surface area contributed by atoms with Gasteiger partial charge in [-0.1, -0.05) is 19.9 Å². The lowest BCUT2D eigenvalue weighted by Crippen LogP contribution is -2.03. The topological polar surface area (TPSA) is 62.0 Å². The van der Waals surface area contributed by atoms with Crippen molar-refractivity contribution < 1.29 is 5.11 Å². The van der Waals surface area contributed by atoms with Crippen molar-refractivity contribution in [1.82, 2.24) is 4.98 Å². The highest BCUT2D eigenvalue weighted by molar-refractivity contribution is 5.92. The molecule has 3 aromatic rings. The van der Waals surface area contributed by atoms with Crippen LogP contribution >= 0.6 is 0 Å². The van der Waals surface area contributed by atoms with Crippen LogP contribution in [0.4, 0.5) is 0 Å². The molecular formula is C20H24N2O. The smallest absolute Gasteiger partial charge is 0.116 e. The van der Waals surface area contributed by atoms with E-state index in [-0.39, 0.29) is 5.75 Å². The molecule has 4 N–H and O–H groups in total. The molecule has 1 aromatic heterocycles. The number of aromatic amines is 1. The monoisotopic (exact) mass is 308 g/mol. The number of phenolic OH excluding ortho intramolecular Hbond substituents is 1. The van der Waals surface area contributed by atoms with E-state index in [2.05, 4.69) is 37.0 Å². The minimum atomic E-state index is 0.290. The summed E-state index contributed by atoms with van der Waals surface area (Å²) in [6, 6.07) is 12.3. The van der Waals surface area contributed by atoms with Crippen LogP contribution < -0.4 is 5.73 Å². The summed E-state index contributed by atoms with van der Waals surface area (Å²) in [7, 11) is 0. The second kappa shape index (κ2) is 6.47. The molecule has 0 bridgehead atoms. The Hall–Kier alpha value is -2.26. The zero-order chi connectivity index (χ0) is 16.4. The number of aryl methyl sites for hydroxylation is 2. The number of nitrogens with one attached hydrogen (secondary N) is 1. The highest BCUT2D eigenvalue weighted by Gasteiger charge is 2.14. The molecule has 2 aromatic carbocycles. The van der Waals surface area contributed by atoms with Gasteiger partial charge in [-0.15, -0.1) is 0 Å². The summed E-state index contributed by atoms with van der Waals surface area (Å²) in [6.07, 6.45) is 2.83. The maximum Gasteiger partial charge on any atom is 0.116 e. The maximum atomic E-state index is 9.82. The number of aromatic hydroxyl groups is 1. The van der Waals surface area contributed by atoms with E-state index < -0.39 is 0 Å². The van der Waals surface area contributed by atoms with E-state index in [1.165, 1.54) is 22.3 Å². The van der Waals surface area contributed by atoms with E-state index in [1.54, 1.807) is 6.07 Å². The second-order valence-corrected chi connectivity index (χ2v) is 5.99. The Morgan fingerprint density at radius 2 is 1.70 bits per heavy atom. The molecule has 0 atom stereocenters. The van der Waals surface area contributed by atoms with Gasteiger partial charge in [0.25, 0.3) is 0 Å². The molecular weight excluding hydrogens is 284 g/mol. The number of aromatic nitrogens is 1. The van der Waals surface area contributed by atoms with Crippen molar-refractivity contribution in [2.45, 2.75) is 33.1 Å². The average Bonchev–Trinajstić information content (AvgIpc) is 2.92. The van der Waals surface area contributed by atoms with Gasteiger partial charge in [-0.2, -0.15) is 0 Å². The van der Waals surface area contributed by atoms with Crippen molar-refractivity contribution in [1.29, 1.82) is 0 Å². The number of H-pyrrole nitrogens is 1. The molecule has 0 radical (unpaired) electrons. The summed E-state index contributed by atoms with van der Waals surface area (Å²) in [5, 5.41) is 10.9. The Labute approximate surface area is 137 Å². The summed E-state index contributed by atoms with van der Waals surface area (Å²) >= 11 is 0. The van der Waals surface area contributed by atoms with Gasteiger partial charge in [0.1, 0.15) is 5.75 Å². The average molecular weight is 308 g/mol. The van der Waals surface area contributed by atoms with E-state index in [9.17, 15) is 5.11 Å². The zero-order valence-corrected chi connectivity index (χ0v) is 13.8. The van der Waals surface area contributed by atoms with Crippen LogP contribution in [0.25, 0.3) is 22.2 Å². The molecule has 0 amide bonds. The minimum absolute atomic E-state index is 0.290. The van der Waals surface area contributed by atoms with Gasteiger partial charge >= 0.3 is 0 Å². The van der Waals surface area contributed by atoms with Crippen LogP contribution in [0.3, 0.4) is 0 Å². The SMILES string of the molecule is CCc1cc(CC)cc(-c2[nH]c3ccc(O)cc3c2CCN)c1. The molecule has 0 saturated carbocycles. The molecule has 3 heteroatoms. The van der Waals surface area contributed by atoms with E-state index >= 15 is 0 Å². The number of nitrogens with two attached hydrogens (primary N) is 1. The molecule has 1 heterocycles. The maximum absolute atomic E-state index is 9.82. The van der Waals surface area contributed by atoms with Crippen LogP contribution in [0.15, 0.2) is 36.4 Å². The van der Waals surface area contributed by atoms with Gasteiger partial charge in [0, 0.05) is 16.6 Å². The zero-order valence-electron chi connectivity index (χ0n) is 13.8. The number of hydrogen-bond acceptors (Lipinski definition) is 2. The quantitative estimate of drug-likeness (QED) is 0.662. The van der Waals surface area contributed by atoms with E-state index in [4.69, 9.17) is 5.73 Å². The number of benzene rings is 2. The summed E-state index contributed by atoms with van der Waals surface area (Å²) in [5.41, 5.74) is 13.1. The third kappa shape index (κ3) is 2.97. The van der Waals surface area contributed by atoms with Gasteiger partial charge in [-0.3, -0.25) is 0 Å². The Morgan fingerprint density at radius 1 is 1.00 bits per heavy atom. The lowest BCUT2D eigenvalue weighted by atomic mass is 9.97. The van der Waals surface area contributed by atoms with Gasteiger partial charge < -0.3 is 15.8 Å². The van der Waals surface area contributed by atoms with Crippen LogP contribution in [0.2, 0.25) is 0 Å². The highest BCUT2D eigenvalue weighted by atomic mass is 16.3. The van der Waals surface area contributed by atoms with Crippen molar-refractivity contribution in [2.75, 3.05) is 6.54 Å². The third-order valence-electron chi connectivity index (χ3n) is 4.44. The molecule has 0 spiro atoms. The standard InChI is InChI=1S/C20H24N2O/c1-3-13-9-14(4-2)11-15(10-13)20-17(7-8-21)18-12-16(23)5-6-19(18)22-20/h5-6,9-12,22-23H,3-4,7-8,21H2,1-2H3. The first-order valence-electron chi connectivity index (χ1n) is 8.33. The molecule has 23 heavy (non-hydrogen) atoms.